The summed E-state index contributed by atoms with van der Waals surface area (Å²) in [5.74, 6) is 0.489. The molecule has 0 heterocycles. The SMILES string of the molecule is O=S(=O)(NCC1CCCC1CO)c1ccc(I)cc1. The second-order valence-electron chi connectivity index (χ2n) is 4.94. The van der Waals surface area contributed by atoms with Crippen LogP contribution in [-0.2, 0) is 10.0 Å². The van der Waals surface area contributed by atoms with E-state index in [-0.39, 0.29) is 18.4 Å². The van der Waals surface area contributed by atoms with Gasteiger partial charge in [0, 0.05) is 16.7 Å². The Balaban J connectivity index is 2.00. The van der Waals surface area contributed by atoms with E-state index in [1.54, 1.807) is 24.3 Å². The van der Waals surface area contributed by atoms with Crippen LogP contribution in [0.1, 0.15) is 19.3 Å². The van der Waals surface area contributed by atoms with Gasteiger partial charge in [-0.15, -0.1) is 0 Å². The summed E-state index contributed by atoms with van der Waals surface area (Å²) in [5, 5.41) is 9.24. The highest BCUT2D eigenvalue weighted by Gasteiger charge is 2.27. The fraction of sp³-hybridized carbons (Fsp3) is 0.538. The second kappa shape index (κ2) is 6.51. The molecule has 6 heteroatoms. The van der Waals surface area contributed by atoms with E-state index in [0.29, 0.717) is 11.4 Å². The molecule has 2 unspecified atom stereocenters. The number of aliphatic hydroxyl groups is 1. The van der Waals surface area contributed by atoms with Gasteiger partial charge in [-0.2, -0.15) is 0 Å². The molecule has 106 valence electrons. The van der Waals surface area contributed by atoms with Crippen molar-refractivity contribution in [2.45, 2.75) is 24.2 Å². The molecule has 4 nitrogen and oxygen atoms in total. The van der Waals surface area contributed by atoms with Crippen LogP contribution in [0.4, 0.5) is 0 Å². The lowest BCUT2D eigenvalue weighted by Crippen LogP contribution is -2.31. The fourth-order valence-corrected chi connectivity index (χ4v) is 3.99. The molecule has 1 aliphatic carbocycles. The third-order valence-electron chi connectivity index (χ3n) is 3.71. The maximum absolute atomic E-state index is 12.1. The normalized spacial score (nSPS) is 23.7. The van der Waals surface area contributed by atoms with Crippen molar-refractivity contribution in [2.75, 3.05) is 13.2 Å². The summed E-state index contributed by atoms with van der Waals surface area (Å²) in [6.07, 6.45) is 3.05. The Morgan fingerprint density at radius 2 is 1.84 bits per heavy atom. The van der Waals surface area contributed by atoms with E-state index in [1.165, 1.54) is 0 Å². The average molecular weight is 395 g/mol. The molecular weight excluding hydrogens is 377 g/mol. The minimum Gasteiger partial charge on any atom is -0.396 e. The molecule has 2 rings (SSSR count). The fourth-order valence-electron chi connectivity index (χ4n) is 2.54. The van der Waals surface area contributed by atoms with Gasteiger partial charge in [0.25, 0.3) is 0 Å². The van der Waals surface area contributed by atoms with E-state index in [4.69, 9.17) is 0 Å². The van der Waals surface area contributed by atoms with E-state index in [1.807, 2.05) is 0 Å². The van der Waals surface area contributed by atoms with Gasteiger partial charge < -0.3 is 5.11 Å². The molecule has 2 N–H and O–H groups in total. The maximum Gasteiger partial charge on any atom is 0.240 e. The molecular formula is C13H18INO3S. The molecule has 1 aromatic carbocycles. The van der Waals surface area contributed by atoms with Crippen LogP contribution in [0, 0.1) is 15.4 Å². The number of benzene rings is 1. The van der Waals surface area contributed by atoms with Crippen LogP contribution < -0.4 is 4.72 Å². The van der Waals surface area contributed by atoms with Crippen LogP contribution in [0.5, 0.6) is 0 Å². The van der Waals surface area contributed by atoms with Crippen molar-refractivity contribution >= 4 is 32.6 Å². The number of rotatable bonds is 5. The highest BCUT2D eigenvalue weighted by atomic mass is 127. The zero-order valence-corrected chi connectivity index (χ0v) is 13.5. The first-order chi connectivity index (χ1) is 9.03. The molecule has 0 aromatic heterocycles. The maximum atomic E-state index is 12.1. The quantitative estimate of drug-likeness (QED) is 0.750. The predicted octanol–water partition coefficient (Wildman–Crippen LogP) is 1.98. The summed E-state index contributed by atoms with van der Waals surface area (Å²) >= 11 is 2.14. The van der Waals surface area contributed by atoms with Gasteiger partial charge in [0.1, 0.15) is 0 Å². The van der Waals surface area contributed by atoms with E-state index in [9.17, 15) is 13.5 Å². The molecule has 1 aromatic rings. The summed E-state index contributed by atoms with van der Waals surface area (Å²) < 4.78 is 27.9. The zero-order valence-electron chi connectivity index (χ0n) is 10.5. The standard InChI is InChI=1S/C13H18INO3S/c14-12-4-6-13(7-5-12)19(17,18)15-8-10-2-1-3-11(10)9-16/h4-7,10-11,15-16H,1-3,8-9H2. The van der Waals surface area contributed by atoms with Crippen LogP contribution >= 0.6 is 22.6 Å². The summed E-state index contributed by atoms with van der Waals surface area (Å²) in [6.45, 7) is 0.565. The number of halogens is 1. The predicted molar refractivity (Wildman–Crippen MR) is 82.3 cm³/mol. The highest BCUT2D eigenvalue weighted by molar-refractivity contribution is 14.1. The molecule has 2 atom stereocenters. The van der Waals surface area contributed by atoms with Crippen molar-refractivity contribution in [3.8, 4) is 0 Å². The minimum atomic E-state index is -3.43. The number of sulfonamides is 1. The monoisotopic (exact) mass is 395 g/mol. The van der Waals surface area contributed by atoms with Crippen LogP contribution in [0.2, 0.25) is 0 Å². The first-order valence-corrected chi connectivity index (χ1v) is 8.95. The molecule has 0 amide bonds. The molecule has 0 spiro atoms. The van der Waals surface area contributed by atoms with Crippen molar-refractivity contribution < 1.29 is 13.5 Å². The largest absolute Gasteiger partial charge is 0.396 e. The van der Waals surface area contributed by atoms with Crippen LogP contribution in [0.3, 0.4) is 0 Å². The number of hydrogen-bond acceptors (Lipinski definition) is 3. The smallest absolute Gasteiger partial charge is 0.240 e. The lowest BCUT2D eigenvalue weighted by Gasteiger charge is -2.17. The van der Waals surface area contributed by atoms with Gasteiger partial charge >= 0.3 is 0 Å². The molecule has 19 heavy (non-hydrogen) atoms. The average Bonchev–Trinajstić information content (AvgIpc) is 2.84. The lowest BCUT2D eigenvalue weighted by molar-refractivity contribution is 0.195. The topological polar surface area (TPSA) is 66.4 Å². The minimum absolute atomic E-state index is 0.149. The van der Waals surface area contributed by atoms with Gasteiger partial charge in [-0.3, -0.25) is 0 Å². The van der Waals surface area contributed by atoms with Crippen molar-refractivity contribution in [3.05, 3.63) is 27.8 Å². The van der Waals surface area contributed by atoms with E-state index >= 15 is 0 Å². The van der Waals surface area contributed by atoms with Crippen molar-refractivity contribution in [2.24, 2.45) is 11.8 Å². The van der Waals surface area contributed by atoms with Crippen LogP contribution in [0.25, 0.3) is 0 Å². The van der Waals surface area contributed by atoms with E-state index in [0.717, 1.165) is 22.8 Å². The summed E-state index contributed by atoms with van der Waals surface area (Å²) in [4.78, 5) is 0.298. The van der Waals surface area contributed by atoms with Gasteiger partial charge in [0.15, 0.2) is 0 Å². The Hall–Kier alpha value is -0.180. The number of nitrogens with one attached hydrogen (secondary N) is 1. The Bertz CT molecular complexity index is 515. The zero-order chi connectivity index (χ0) is 13.9. The van der Waals surface area contributed by atoms with Gasteiger partial charge in [-0.05, 0) is 71.5 Å². The Labute approximate surface area is 127 Å². The lowest BCUT2D eigenvalue weighted by atomic mass is 9.97. The van der Waals surface area contributed by atoms with E-state index in [2.05, 4.69) is 27.3 Å². The second-order valence-corrected chi connectivity index (χ2v) is 7.95. The third kappa shape index (κ3) is 3.90. The highest BCUT2D eigenvalue weighted by Crippen LogP contribution is 2.30. The summed E-state index contributed by atoms with van der Waals surface area (Å²) in [6, 6.07) is 6.78. The summed E-state index contributed by atoms with van der Waals surface area (Å²) in [5.41, 5.74) is 0. The molecule has 0 aliphatic heterocycles. The Morgan fingerprint density at radius 1 is 1.21 bits per heavy atom. The Morgan fingerprint density at radius 3 is 2.47 bits per heavy atom. The van der Waals surface area contributed by atoms with Crippen LogP contribution in [-0.4, -0.2) is 26.7 Å². The first-order valence-electron chi connectivity index (χ1n) is 6.39. The van der Waals surface area contributed by atoms with Crippen molar-refractivity contribution in [1.82, 2.24) is 4.72 Å². The van der Waals surface area contributed by atoms with Gasteiger partial charge in [0.2, 0.25) is 10.0 Å². The molecule has 1 aliphatic rings. The first kappa shape index (κ1) is 15.2. The van der Waals surface area contributed by atoms with Crippen LogP contribution in [0.15, 0.2) is 29.2 Å². The number of aliphatic hydroxyl groups excluding tert-OH is 1. The van der Waals surface area contributed by atoms with Crippen molar-refractivity contribution in [1.29, 1.82) is 0 Å². The Kier molecular flexibility index (Phi) is 5.22. The third-order valence-corrected chi connectivity index (χ3v) is 5.87. The van der Waals surface area contributed by atoms with Crippen molar-refractivity contribution in [3.63, 3.8) is 0 Å². The van der Waals surface area contributed by atoms with Gasteiger partial charge in [-0.1, -0.05) is 6.42 Å². The van der Waals surface area contributed by atoms with Gasteiger partial charge in [-0.25, -0.2) is 13.1 Å². The summed E-state index contributed by atoms with van der Waals surface area (Å²) in [7, 11) is -3.43. The molecule has 0 bridgehead atoms. The molecule has 0 radical (unpaired) electrons. The van der Waals surface area contributed by atoms with E-state index < -0.39 is 10.0 Å². The number of hydrogen-bond donors (Lipinski definition) is 2. The molecule has 1 saturated carbocycles. The molecule has 0 saturated heterocycles. The molecule has 1 fully saturated rings. The van der Waals surface area contributed by atoms with Gasteiger partial charge in [0.05, 0.1) is 4.90 Å².